The van der Waals surface area contributed by atoms with Gasteiger partial charge < -0.3 is 15.2 Å². The fourth-order valence-electron chi connectivity index (χ4n) is 2.20. The number of rotatable bonds is 6. The Morgan fingerprint density at radius 2 is 1.79 bits per heavy atom. The molecular weight excluding hydrogens is 371 g/mol. The lowest BCUT2D eigenvalue weighted by atomic mass is 10.0. The zero-order valence-electron chi connectivity index (χ0n) is 14.8. The number of alkyl halides is 3. The van der Waals surface area contributed by atoms with E-state index in [1.54, 1.807) is 24.3 Å². The first-order valence-electron chi connectivity index (χ1n) is 8.00. The van der Waals surface area contributed by atoms with E-state index >= 15 is 0 Å². The summed E-state index contributed by atoms with van der Waals surface area (Å²) in [6, 6.07) is 12.8. The Balaban J connectivity index is 2.10. The molecule has 2 N–H and O–H groups in total. The Labute approximate surface area is 159 Å². The smallest absolute Gasteiger partial charge is 0.417 e. The average molecular weight is 387 g/mol. The number of ether oxygens (including phenoxy) is 1. The molecule has 2 aromatic carbocycles. The lowest BCUT2D eigenvalue weighted by Crippen LogP contribution is -2.37. The summed E-state index contributed by atoms with van der Waals surface area (Å²) in [6.07, 6.45) is -4.69. The molecule has 2 aromatic rings. The second-order valence-electron chi connectivity index (χ2n) is 6.17. The van der Waals surface area contributed by atoms with Gasteiger partial charge in [0.2, 0.25) is 0 Å². The molecule has 1 atom stereocenters. The molecule has 5 nitrogen and oxygen atoms in total. The Bertz CT molecular complexity index is 953. The van der Waals surface area contributed by atoms with Gasteiger partial charge in [0.25, 0.3) is 0 Å². The van der Waals surface area contributed by atoms with Crippen molar-refractivity contribution in [3.8, 4) is 17.9 Å². The largest absolute Gasteiger partial charge is 0.490 e. The number of hydrogen-bond acceptors (Lipinski definition) is 5. The summed E-state index contributed by atoms with van der Waals surface area (Å²) in [5.74, 6) is 0.407. The first-order valence-corrected chi connectivity index (χ1v) is 8.00. The van der Waals surface area contributed by atoms with Crippen LogP contribution in [0, 0.1) is 22.7 Å². The Kier molecular flexibility index (Phi) is 5.97. The van der Waals surface area contributed by atoms with Gasteiger partial charge in [-0.05, 0) is 49.4 Å². The van der Waals surface area contributed by atoms with Crippen molar-refractivity contribution in [3.63, 3.8) is 0 Å². The van der Waals surface area contributed by atoms with E-state index in [4.69, 9.17) is 15.3 Å². The molecular formula is C20H16F3N3O2. The van der Waals surface area contributed by atoms with Gasteiger partial charge in [0, 0.05) is 11.4 Å². The molecule has 2 rings (SSSR count). The third-order valence-electron chi connectivity index (χ3n) is 3.89. The molecule has 0 aliphatic rings. The minimum absolute atomic E-state index is 0.0129. The van der Waals surface area contributed by atoms with Gasteiger partial charge in [-0.2, -0.15) is 23.7 Å². The number of nitrogens with zero attached hydrogens (tertiary/aromatic N) is 2. The highest BCUT2D eigenvalue weighted by atomic mass is 19.4. The summed E-state index contributed by atoms with van der Waals surface area (Å²) in [5.41, 5.74) is -2.71. The van der Waals surface area contributed by atoms with Crippen molar-refractivity contribution in [1.29, 1.82) is 10.5 Å². The van der Waals surface area contributed by atoms with Gasteiger partial charge in [0.15, 0.2) is 0 Å². The molecule has 0 saturated heterocycles. The maximum absolute atomic E-state index is 13.1. The van der Waals surface area contributed by atoms with E-state index < -0.39 is 22.9 Å². The van der Waals surface area contributed by atoms with Crippen LogP contribution in [0.4, 0.5) is 18.9 Å². The molecule has 0 saturated carbocycles. The van der Waals surface area contributed by atoms with Gasteiger partial charge in [0.05, 0.1) is 28.8 Å². The quantitative estimate of drug-likeness (QED) is 0.775. The average Bonchev–Trinajstić information content (AvgIpc) is 2.66. The summed E-state index contributed by atoms with van der Waals surface area (Å²) >= 11 is 0. The summed E-state index contributed by atoms with van der Waals surface area (Å²) in [7, 11) is 0. The van der Waals surface area contributed by atoms with Gasteiger partial charge in [-0.3, -0.25) is 0 Å². The molecule has 0 aromatic heterocycles. The van der Waals surface area contributed by atoms with Crippen molar-refractivity contribution in [2.24, 2.45) is 0 Å². The van der Waals surface area contributed by atoms with Crippen molar-refractivity contribution in [2.45, 2.75) is 18.7 Å². The zero-order chi connectivity index (χ0) is 20.9. The van der Waals surface area contributed by atoms with Gasteiger partial charge in [0.1, 0.15) is 18.0 Å². The molecule has 0 amide bonds. The fourth-order valence-corrected chi connectivity index (χ4v) is 2.20. The van der Waals surface area contributed by atoms with E-state index in [1.165, 1.54) is 19.1 Å². The number of halogens is 3. The van der Waals surface area contributed by atoms with Gasteiger partial charge in [-0.1, -0.05) is 6.58 Å². The Hall–Kier alpha value is -3.49. The molecule has 0 aliphatic heterocycles. The summed E-state index contributed by atoms with van der Waals surface area (Å²) in [5, 5.41) is 30.7. The predicted octanol–water partition coefficient (Wildman–Crippen LogP) is 4.20. The van der Waals surface area contributed by atoms with Crippen LogP contribution in [-0.4, -0.2) is 17.3 Å². The van der Waals surface area contributed by atoms with E-state index in [9.17, 15) is 18.3 Å². The molecule has 144 valence electrons. The fraction of sp³-hybridized carbons (Fsp3) is 0.200. The SMILES string of the molecule is C=C(Nc1ccc(C#N)c(C(F)(F)F)c1)[C@](C)(O)COc1ccc(C#N)cc1. The molecule has 8 heteroatoms. The second-order valence-corrected chi connectivity index (χ2v) is 6.17. The van der Waals surface area contributed by atoms with E-state index in [2.05, 4.69) is 11.9 Å². The standard InChI is InChI=1S/C20H16F3N3O2/c1-13(19(2,27)12-28-17-7-3-14(10-24)4-8-17)26-16-6-5-15(11-25)18(9-16)20(21,22)23/h3-9,26-27H,1,12H2,2H3/t19-/m1/s1. The zero-order valence-corrected chi connectivity index (χ0v) is 14.8. The highest BCUT2D eigenvalue weighted by Crippen LogP contribution is 2.34. The van der Waals surface area contributed by atoms with Gasteiger partial charge in [-0.15, -0.1) is 0 Å². The van der Waals surface area contributed by atoms with Crippen LogP contribution >= 0.6 is 0 Å². The van der Waals surface area contributed by atoms with Crippen LogP contribution in [0.25, 0.3) is 0 Å². The highest BCUT2D eigenvalue weighted by molar-refractivity contribution is 5.56. The Morgan fingerprint density at radius 3 is 2.32 bits per heavy atom. The first-order chi connectivity index (χ1) is 13.1. The van der Waals surface area contributed by atoms with Crippen LogP contribution in [0.3, 0.4) is 0 Å². The maximum atomic E-state index is 13.1. The minimum atomic E-state index is -4.69. The molecule has 0 fully saturated rings. The van der Waals surface area contributed by atoms with E-state index in [0.717, 1.165) is 12.1 Å². The summed E-state index contributed by atoms with van der Waals surface area (Å²) in [6.45, 7) is 4.83. The molecule has 0 spiro atoms. The predicted molar refractivity (Wildman–Crippen MR) is 96.2 cm³/mol. The van der Waals surface area contributed by atoms with Crippen LogP contribution in [0.5, 0.6) is 5.75 Å². The Morgan fingerprint density at radius 1 is 1.14 bits per heavy atom. The minimum Gasteiger partial charge on any atom is -0.490 e. The first kappa shape index (κ1) is 20.8. The van der Waals surface area contributed by atoms with Crippen LogP contribution in [-0.2, 0) is 6.18 Å². The van der Waals surface area contributed by atoms with Crippen LogP contribution in [0.1, 0.15) is 23.6 Å². The topological polar surface area (TPSA) is 89.1 Å². The van der Waals surface area contributed by atoms with E-state index in [1.807, 2.05) is 6.07 Å². The third-order valence-corrected chi connectivity index (χ3v) is 3.89. The lowest BCUT2D eigenvalue weighted by molar-refractivity contribution is -0.137. The van der Waals surface area contributed by atoms with E-state index in [-0.39, 0.29) is 18.0 Å². The molecule has 28 heavy (non-hydrogen) atoms. The number of nitriles is 2. The monoisotopic (exact) mass is 387 g/mol. The van der Waals surface area contributed by atoms with Gasteiger partial charge >= 0.3 is 6.18 Å². The van der Waals surface area contributed by atoms with Crippen molar-refractivity contribution in [2.75, 3.05) is 11.9 Å². The number of nitrogens with one attached hydrogen (secondary N) is 1. The van der Waals surface area contributed by atoms with Crippen molar-refractivity contribution < 1.29 is 23.0 Å². The van der Waals surface area contributed by atoms with Crippen molar-refractivity contribution in [3.05, 3.63) is 71.4 Å². The van der Waals surface area contributed by atoms with Crippen LogP contribution in [0.15, 0.2) is 54.7 Å². The van der Waals surface area contributed by atoms with Gasteiger partial charge in [-0.25, -0.2) is 0 Å². The summed E-state index contributed by atoms with van der Waals surface area (Å²) in [4.78, 5) is 0. The lowest BCUT2D eigenvalue weighted by Gasteiger charge is -2.27. The molecule has 0 radical (unpaired) electrons. The molecule has 0 bridgehead atoms. The number of anilines is 1. The van der Waals surface area contributed by atoms with E-state index in [0.29, 0.717) is 11.3 Å². The maximum Gasteiger partial charge on any atom is 0.417 e. The van der Waals surface area contributed by atoms with Crippen LogP contribution in [0.2, 0.25) is 0 Å². The molecule has 0 unspecified atom stereocenters. The van der Waals surface area contributed by atoms with Crippen molar-refractivity contribution >= 4 is 5.69 Å². The number of hydrogen-bond donors (Lipinski definition) is 2. The highest BCUT2D eigenvalue weighted by Gasteiger charge is 2.34. The van der Waals surface area contributed by atoms with Crippen LogP contribution < -0.4 is 10.1 Å². The normalized spacial score (nSPS) is 13.0. The number of aliphatic hydroxyl groups is 1. The molecule has 0 aliphatic carbocycles. The third kappa shape index (κ3) is 5.03. The molecule has 0 heterocycles. The number of benzene rings is 2. The van der Waals surface area contributed by atoms with Crippen molar-refractivity contribution in [1.82, 2.24) is 0 Å². The summed E-state index contributed by atoms with van der Waals surface area (Å²) < 4.78 is 44.6. The second kappa shape index (κ2) is 8.03.